The van der Waals surface area contributed by atoms with Crippen LogP contribution in [-0.2, 0) is 9.47 Å². The number of nitrogens with zero attached hydrogens (tertiary/aromatic N) is 1. The van der Waals surface area contributed by atoms with E-state index in [-0.39, 0.29) is 12.6 Å². The Morgan fingerprint density at radius 1 is 0.882 bits per heavy atom. The van der Waals surface area contributed by atoms with Crippen LogP contribution in [0.25, 0.3) is 22.3 Å². The summed E-state index contributed by atoms with van der Waals surface area (Å²) in [7, 11) is 1.56. The van der Waals surface area contributed by atoms with E-state index in [0.717, 1.165) is 16.7 Å². The molecular weight excluding hydrogens is 430 g/mol. The first-order valence-electron chi connectivity index (χ1n) is 11.2. The van der Waals surface area contributed by atoms with Crippen molar-refractivity contribution in [1.82, 2.24) is 4.98 Å². The van der Waals surface area contributed by atoms with E-state index < -0.39 is 11.6 Å². The highest BCUT2D eigenvalue weighted by molar-refractivity contribution is 6.01. The van der Waals surface area contributed by atoms with Crippen LogP contribution in [0.15, 0.2) is 48.5 Å². The first-order chi connectivity index (χ1) is 16.1. The number of carbonyl (C=O) groups is 2. The largest absolute Gasteiger partial charge is 0.494 e. The highest BCUT2D eigenvalue weighted by atomic mass is 16.6. The number of pyridine rings is 1. The van der Waals surface area contributed by atoms with Gasteiger partial charge >= 0.3 is 11.9 Å². The van der Waals surface area contributed by atoms with Gasteiger partial charge in [-0.25, -0.2) is 9.59 Å². The second kappa shape index (κ2) is 10.1. The molecule has 2 aromatic carbocycles. The van der Waals surface area contributed by atoms with Crippen LogP contribution in [0.2, 0.25) is 0 Å². The molecule has 1 heterocycles. The lowest BCUT2D eigenvalue weighted by molar-refractivity contribution is 0.00702. The van der Waals surface area contributed by atoms with Crippen LogP contribution in [0.4, 0.5) is 0 Å². The van der Waals surface area contributed by atoms with E-state index in [0.29, 0.717) is 33.8 Å². The van der Waals surface area contributed by atoms with E-state index in [2.05, 4.69) is 4.98 Å². The van der Waals surface area contributed by atoms with Gasteiger partial charge in [0.1, 0.15) is 11.4 Å². The van der Waals surface area contributed by atoms with Crippen molar-refractivity contribution in [2.24, 2.45) is 0 Å². The molecule has 0 N–H and O–H groups in total. The Morgan fingerprint density at radius 2 is 1.50 bits per heavy atom. The summed E-state index contributed by atoms with van der Waals surface area (Å²) in [6, 6.07) is 15.0. The number of ether oxygens (including phenoxy) is 3. The van der Waals surface area contributed by atoms with Crippen molar-refractivity contribution in [3.05, 3.63) is 71.0 Å². The fourth-order valence-corrected chi connectivity index (χ4v) is 3.87. The van der Waals surface area contributed by atoms with Gasteiger partial charge in [-0.3, -0.25) is 4.98 Å². The predicted octanol–water partition coefficient (Wildman–Crippen LogP) is 6.17. The van der Waals surface area contributed by atoms with E-state index in [1.807, 2.05) is 70.2 Å². The SMILES string of the molecule is CCOC(=O)c1c(C)nc(C)c(OC)c1-c1ccc(-c2ccccc2C(=O)OC(C)(C)C)cc1. The van der Waals surface area contributed by atoms with Crippen LogP contribution in [0.5, 0.6) is 5.75 Å². The Bertz CT molecular complexity index is 1210. The van der Waals surface area contributed by atoms with E-state index in [1.54, 1.807) is 27.0 Å². The molecule has 0 atom stereocenters. The summed E-state index contributed by atoms with van der Waals surface area (Å²) >= 11 is 0. The smallest absolute Gasteiger partial charge is 0.340 e. The van der Waals surface area contributed by atoms with Crippen LogP contribution in [0.1, 0.15) is 59.8 Å². The second-order valence-corrected chi connectivity index (χ2v) is 8.91. The maximum absolute atomic E-state index is 12.8. The highest BCUT2D eigenvalue weighted by Crippen LogP contribution is 2.38. The molecule has 178 valence electrons. The normalized spacial score (nSPS) is 11.1. The zero-order valence-electron chi connectivity index (χ0n) is 20.8. The number of carbonyl (C=O) groups excluding carboxylic acids is 2. The van der Waals surface area contributed by atoms with Crippen LogP contribution in [0, 0.1) is 13.8 Å². The van der Waals surface area contributed by atoms with Crippen molar-refractivity contribution >= 4 is 11.9 Å². The van der Waals surface area contributed by atoms with Crippen LogP contribution in [-0.4, -0.2) is 36.2 Å². The number of rotatable bonds is 6. The zero-order valence-corrected chi connectivity index (χ0v) is 20.8. The lowest BCUT2D eigenvalue weighted by Gasteiger charge is -2.21. The van der Waals surface area contributed by atoms with Gasteiger partial charge in [-0.05, 0) is 64.3 Å². The average Bonchev–Trinajstić information content (AvgIpc) is 2.77. The molecule has 0 spiro atoms. The molecule has 3 rings (SSSR count). The quantitative estimate of drug-likeness (QED) is 0.409. The van der Waals surface area contributed by atoms with Gasteiger partial charge in [0.15, 0.2) is 0 Å². The number of methoxy groups -OCH3 is 1. The second-order valence-electron chi connectivity index (χ2n) is 8.91. The fourth-order valence-electron chi connectivity index (χ4n) is 3.87. The van der Waals surface area contributed by atoms with Gasteiger partial charge in [-0.1, -0.05) is 42.5 Å². The molecule has 0 amide bonds. The maximum Gasteiger partial charge on any atom is 0.340 e. The highest BCUT2D eigenvalue weighted by Gasteiger charge is 2.25. The summed E-state index contributed by atoms with van der Waals surface area (Å²) in [4.78, 5) is 30.1. The minimum absolute atomic E-state index is 0.258. The molecule has 6 nitrogen and oxygen atoms in total. The number of esters is 2. The summed E-state index contributed by atoms with van der Waals surface area (Å²) in [5, 5.41) is 0. The molecule has 0 aliphatic rings. The zero-order chi connectivity index (χ0) is 25.0. The molecule has 0 unspecified atom stereocenters. The third kappa shape index (κ3) is 5.28. The van der Waals surface area contributed by atoms with Crippen molar-refractivity contribution < 1.29 is 23.8 Å². The van der Waals surface area contributed by atoms with Crippen molar-refractivity contribution in [2.75, 3.05) is 13.7 Å². The third-order valence-electron chi connectivity index (χ3n) is 5.22. The van der Waals surface area contributed by atoms with E-state index in [9.17, 15) is 9.59 Å². The van der Waals surface area contributed by atoms with E-state index in [1.165, 1.54) is 0 Å². The lowest BCUT2D eigenvalue weighted by Crippen LogP contribution is -2.24. The van der Waals surface area contributed by atoms with Crippen molar-refractivity contribution in [3.8, 4) is 28.0 Å². The summed E-state index contributed by atoms with van der Waals surface area (Å²) in [6.45, 7) is 11.2. The Labute approximate surface area is 200 Å². The summed E-state index contributed by atoms with van der Waals surface area (Å²) in [5.74, 6) is -0.297. The maximum atomic E-state index is 12.8. The summed E-state index contributed by atoms with van der Waals surface area (Å²) in [5.41, 5.74) is 4.58. The Morgan fingerprint density at radius 3 is 2.09 bits per heavy atom. The van der Waals surface area contributed by atoms with Gasteiger partial charge in [0.25, 0.3) is 0 Å². The van der Waals surface area contributed by atoms with Crippen LogP contribution < -0.4 is 4.74 Å². The molecule has 3 aromatic rings. The third-order valence-corrected chi connectivity index (χ3v) is 5.22. The van der Waals surface area contributed by atoms with Crippen LogP contribution in [0.3, 0.4) is 0 Å². The van der Waals surface area contributed by atoms with Gasteiger partial charge in [-0.2, -0.15) is 0 Å². The topological polar surface area (TPSA) is 74.7 Å². The molecule has 0 saturated heterocycles. The first-order valence-corrected chi connectivity index (χ1v) is 11.2. The Hall–Kier alpha value is -3.67. The number of aromatic nitrogens is 1. The van der Waals surface area contributed by atoms with E-state index in [4.69, 9.17) is 14.2 Å². The fraction of sp³-hybridized carbons (Fsp3) is 0.321. The molecule has 0 radical (unpaired) electrons. The molecule has 0 aliphatic carbocycles. The number of aryl methyl sites for hydroxylation is 2. The number of hydrogen-bond donors (Lipinski definition) is 0. The summed E-state index contributed by atoms with van der Waals surface area (Å²) in [6.07, 6.45) is 0. The summed E-state index contributed by atoms with van der Waals surface area (Å²) < 4.78 is 16.5. The average molecular weight is 462 g/mol. The molecular formula is C28H31NO5. The molecule has 6 heteroatoms. The Balaban J connectivity index is 2.11. The minimum Gasteiger partial charge on any atom is -0.494 e. The van der Waals surface area contributed by atoms with Crippen molar-refractivity contribution in [3.63, 3.8) is 0 Å². The Kier molecular flexibility index (Phi) is 7.40. The van der Waals surface area contributed by atoms with Gasteiger partial charge in [0, 0.05) is 5.56 Å². The molecule has 0 bridgehead atoms. The molecule has 34 heavy (non-hydrogen) atoms. The standard InChI is InChI=1S/C28H31NO5/c1-8-33-27(31)23-17(2)29-18(3)25(32-7)24(23)20-15-13-19(14-16-20)21-11-9-10-12-22(21)26(30)34-28(4,5)6/h9-16H,8H2,1-7H3. The minimum atomic E-state index is -0.592. The van der Waals surface area contributed by atoms with E-state index >= 15 is 0 Å². The molecule has 0 saturated carbocycles. The monoisotopic (exact) mass is 461 g/mol. The van der Waals surface area contributed by atoms with Crippen LogP contribution >= 0.6 is 0 Å². The molecule has 1 aromatic heterocycles. The first kappa shape index (κ1) is 25.0. The van der Waals surface area contributed by atoms with Gasteiger partial charge in [0.05, 0.1) is 36.2 Å². The van der Waals surface area contributed by atoms with Gasteiger partial charge in [0.2, 0.25) is 0 Å². The predicted molar refractivity (Wildman–Crippen MR) is 132 cm³/mol. The van der Waals surface area contributed by atoms with Crippen molar-refractivity contribution in [2.45, 2.75) is 47.1 Å². The number of benzene rings is 2. The van der Waals surface area contributed by atoms with Gasteiger partial charge < -0.3 is 14.2 Å². The molecule has 0 fully saturated rings. The van der Waals surface area contributed by atoms with Crippen molar-refractivity contribution in [1.29, 1.82) is 0 Å². The number of hydrogen-bond acceptors (Lipinski definition) is 6. The lowest BCUT2D eigenvalue weighted by atomic mass is 9.93. The van der Waals surface area contributed by atoms with Gasteiger partial charge in [-0.15, -0.1) is 0 Å². The molecule has 0 aliphatic heterocycles.